The smallest absolute Gasteiger partial charge is 0.202 e. The molecule has 0 aliphatic rings. The summed E-state index contributed by atoms with van der Waals surface area (Å²) >= 11 is 4.36. The van der Waals surface area contributed by atoms with E-state index in [1.165, 1.54) is 0 Å². The van der Waals surface area contributed by atoms with Gasteiger partial charge in [0.05, 0.1) is 4.91 Å². The molecule has 17 heavy (non-hydrogen) atoms. The number of rotatable bonds is 4. The maximum atomic E-state index is 12.2. The Labute approximate surface area is 108 Å². The fourth-order valence-electron chi connectivity index (χ4n) is 1.65. The van der Waals surface area contributed by atoms with Crippen LogP contribution in [-0.2, 0) is 0 Å². The first-order chi connectivity index (χ1) is 7.95. The number of nitrogens with zero attached hydrogens (tertiary/aromatic N) is 2. The predicted octanol–water partition coefficient (Wildman–Crippen LogP) is 2.09. The minimum Gasteiger partial charge on any atom is -0.363 e. The van der Waals surface area contributed by atoms with Gasteiger partial charge in [-0.2, -0.15) is 0 Å². The van der Waals surface area contributed by atoms with E-state index in [9.17, 15) is 4.79 Å². The average Bonchev–Trinajstić information content (AvgIpc) is 2.28. The van der Waals surface area contributed by atoms with Crippen LogP contribution in [0.1, 0.15) is 10.4 Å². The number of hydrogen-bond donors (Lipinski definition) is 1. The summed E-state index contributed by atoms with van der Waals surface area (Å²) in [5.41, 5.74) is 0.652. The standard InChI is InChI=1S/C13H18N2OS/c1-14(2)13(15(3)4)12(17)11(16)10-8-6-5-7-9-10/h5-9,17H,1-4H3. The highest BCUT2D eigenvalue weighted by molar-refractivity contribution is 7.85. The molecule has 1 aromatic rings. The van der Waals surface area contributed by atoms with Crippen LogP contribution in [0.25, 0.3) is 0 Å². The second kappa shape index (κ2) is 5.77. The zero-order valence-corrected chi connectivity index (χ0v) is 11.5. The molecule has 0 N–H and O–H groups in total. The number of carbonyl (C=O) groups is 1. The average molecular weight is 250 g/mol. The number of allylic oxidation sites excluding steroid dienone is 1. The van der Waals surface area contributed by atoms with Gasteiger partial charge in [0.2, 0.25) is 5.78 Å². The van der Waals surface area contributed by atoms with Crippen molar-refractivity contribution in [2.75, 3.05) is 28.2 Å². The van der Waals surface area contributed by atoms with Crippen molar-refractivity contribution in [1.29, 1.82) is 0 Å². The van der Waals surface area contributed by atoms with Crippen molar-refractivity contribution in [1.82, 2.24) is 9.80 Å². The lowest BCUT2D eigenvalue weighted by Crippen LogP contribution is -2.27. The third-order valence-corrected chi connectivity index (χ3v) is 2.71. The van der Waals surface area contributed by atoms with E-state index < -0.39 is 0 Å². The lowest BCUT2D eigenvalue weighted by Gasteiger charge is -2.26. The van der Waals surface area contributed by atoms with E-state index in [1.807, 2.05) is 56.2 Å². The molecule has 3 nitrogen and oxygen atoms in total. The van der Waals surface area contributed by atoms with Crippen LogP contribution in [0.3, 0.4) is 0 Å². The third-order valence-electron chi connectivity index (χ3n) is 2.31. The molecule has 0 amide bonds. The van der Waals surface area contributed by atoms with Gasteiger partial charge in [0.1, 0.15) is 5.82 Å². The summed E-state index contributed by atoms with van der Waals surface area (Å²) < 4.78 is 0. The molecular weight excluding hydrogens is 232 g/mol. The quantitative estimate of drug-likeness (QED) is 0.503. The number of ketones is 1. The molecule has 0 atom stereocenters. The molecule has 0 aromatic heterocycles. The molecule has 0 fully saturated rings. The van der Waals surface area contributed by atoms with Crippen LogP contribution in [-0.4, -0.2) is 43.8 Å². The molecule has 92 valence electrons. The van der Waals surface area contributed by atoms with E-state index >= 15 is 0 Å². The van der Waals surface area contributed by atoms with Crippen LogP contribution in [0.5, 0.6) is 0 Å². The van der Waals surface area contributed by atoms with E-state index in [-0.39, 0.29) is 5.78 Å². The zero-order chi connectivity index (χ0) is 13.0. The first-order valence-electron chi connectivity index (χ1n) is 5.32. The van der Waals surface area contributed by atoms with Crippen LogP contribution in [0.2, 0.25) is 0 Å². The second-order valence-corrected chi connectivity index (χ2v) is 4.60. The molecule has 0 saturated carbocycles. The van der Waals surface area contributed by atoms with Gasteiger partial charge in [0, 0.05) is 33.8 Å². The van der Waals surface area contributed by atoms with Gasteiger partial charge in [-0.15, -0.1) is 12.6 Å². The minimum atomic E-state index is -0.0636. The van der Waals surface area contributed by atoms with Gasteiger partial charge in [-0.3, -0.25) is 4.79 Å². The molecule has 0 unspecified atom stereocenters. The zero-order valence-electron chi connectivity index (χ0n) is 10.6. The number of hydrogen-bond acceptors (Lipinski definition) is 4. The maximum absolute atomic E-state index is 12.2. The molecule has 0 aliphatic carbocycles. The Bertz CT molecular complexity index is 414. The van der Waals surface area contributed by atoms with Crippen molar-refractivity contribution in [2.24, 2.45) is 0 Å². The summed E-state index contributed by atoms with van der Waals surface area (Å²) in [7, 11) is 7.57. The highest BCUT2D eigenvalue weighted by atomic mass is 32.1. The van der Waals surface area contributed by atoms with Gasteiger partial charge in [-0.05, 0) is 0 Å². The van der Waals surface area contributed by atoms with Crippen LogP contribution in [0.15, 0.2) is 41.1 Å². The van der Waals surface area contributed by atoms with E-state index in [2.05, 4.69) is 12.6 Å². The van der Waals surface area contributed by atoms with Gasteiger partial charge in [-0.25, -0.2) is 0 Å². The lowest BCUT2D eigenvalue weighted by molar-refractivity contribution is 0.103. The number of benzene rings is 1. The topological polar surface area (TPSA) is 23.6 Å². The number of carbonyl (C=O) groups excluding carboxylic acids is 1. The van der Waals surface area contributed by atoms with Crippen molar-refractivity contribution in [3.8, 4) is 0 Å². The molecule has 0 aliphatic heterocycles. The minimum absolute atomic E-state index is 0.0636. The van der Waals surface area contributed by atoms with Crippen molar-refractivity contribution in [2.45, 2.75) is 0 Å². The summed E-state index contributed by atoms with van der Waals surface area (Å²) in [4.78, 5) is 16.4. The molecular formula is C13H18N2OS. The Kier molecular flexibility index (Phi) is 4.63. The van der Waals surface area contributed by atoms with Crippen molar-refractivity contribution < 1.29 is 4.79 Å². The maximum Gasteiger partial charge on any atom is 0.202 e. The summed E-state index contributed by atoms with van der Waals surface area (Å²) in [6.07, 6.45) is 0. The Morgan fingerprint density at radius 2 is 1.47 bits per heavy atom. The van der Waals surface area contributed by atoms with Crippen LogP contribution in [0.4, 0.5) is 0 Å². The number of thiol groups is 1. The Morgan fingerprint density at radius 1 is 1.00 bits per heavy atom. The van der Waals surface area contributed by atoms with Crippen molar-refractivity contribution >= 4 is 18.4 Å². The SMILES string of the molecule is CN(C)C(=C(S)C(=O)c1ccccc1)N(C)C. The summed E-state index contributed by atoms with van der Waals surface area (Å²) in [6.45, 7) is 0. The summed E-state index contributed by atoms with van der Waals surface area (Å²) in [6, 6.07) is 9.17. The van der Waals surface area contributed by atoms with Crippen molar-refractivity contribution in [3.05, 3.63) is 46.6 Å². The molecule has 0 saturated heterocycles. The Hall–Kier alpha value is -1.42. The second-order valence-electron chi connectivity index (χ2n) is 4.16. The Morgan fingerprint density at radius 3 is 1.88 bits per heavy atom. The fraction of sp³-hybridized carbons (Fsp3) is 0.308. The third kappa shape index (κ3) is 3.27. The Balaban J connectivity index is 3.15. The predicted molar refractivity (Wildman–Crippen MR) is 74.2 cm³/mol. The van der Waals surface area contributed by atoms with Crippen LogP contribution >= 0.6 is 12.6 Å². The molecule has 0 spiro atoms. The van der Waals surface area contributed by atoms with E-state index in [1.54, 1.807) is 12.1 Å². The molecule has 0 bridgehead atoms. The fourth-order valence-corrected chi connectivity index (χ4v) is 2.18. The van der Waals surface area contributed by atoms with Crippen LogP contribution < -0.4 is 0 Å². The summed E-state index contributed by atoms with van der Waals surface area (Å²) in [5.74, 6) is 0.730. The van der Waals surface area contributed by atoms with E-state index in [0.717, 1.165) is 5.82 Å². The number of Topliss-reactive ketones (excluding diaryl/α,β-unsaturated/α-hetero) is 1. The van der Waals surface area contributed by atoms with Gasteiger partial charge in [-0.1, -0.05) is 30.3 Å². The normalized spacial score (nSPS) is 9.71. The van der Waals surface area contributed by atoms with E-state index in [4.69, 9.17) is 0 Å². The molecule has 0 heterocycles. The highest BCUT2D eigenvalue weighted by Crippen LogP contribution is 2.18. The molecule has 1 aromatic carbocycles. The van der Waals surface area contributed by atoms with Crippen molar-refractivity contribution in [3.63, 3.8) is 0 Å². The molecule has 4 heteroatoms. The molecule has 1 rings (SSSR count). The highest BCUT2D eigenvalue weighted by Gasteiger charge is 2.16. The van der Waals surface area contributed by atoms with Gasteiger partial charge in [0.15, 0.2) is 0 Å². The van der Waals surface area contributed by atoms with E-state index in [0.29, 0.717) is 10.5 Å². The summed E-state index contributed by atoms with van der Waals surface area (Å²) in [5, 5.41) is 0. The van der Waals surface area contributed by atoms with Crippen LogP contribution in [0, 0.1) is 0 Å². The van der Waals surface area contributed by atoms with Gasteiger partial charge >= 0.3 is 0 Å². The first-order valence-corrected chi connectivity index (χ1v) is 5.77. The van der Waals surface area contributed by atoms with Gasteiger partial charge in [0.25, 0.3) is 0 Å². The van der Waals surface area contributed by atoms with Gasteiger partial charge < -0.3 is 9.80 Å². The molecule has 0 radical (unpaired) electrons. The monoisotopic (exact) mass is 250 g/mol. The lowest BCUT2D eigenvalue weighted by atomic mass is 10.1. The first kappa shape index (κ1) is 13.6. The largest absolute Gasteiger partial charge is 0.363 e.